The highest BCUT2D eigenvalue weighted by Gasteiger charge is 2.43. The van der Waals surface area contributed by atoms with Gasteiger partial charge in [-0.05, 0) is 138 Å². The van der Waals surface area contributed by atoms with Crippen molar-refractivity contribution in [3.05, 3.63) is 156 Å². The van der Waals surface area contributed by atoms with Gasteiger partial charge in [0.05, 0.1) is 0 Å². The summed E-state index contributed by atoms with van der Waals surface area (Å²) in [5.74, 6) is 0. The summed E-state index contributed by atoms with van der Waals surface area (Å²) in [6.07, 6.45) is 12.6. The topological polar surface area (TPSA) is 0 Å². The number of rotatable bonds is 12. The van der Waals surface area contributed by atoms with Gasteiger partial charge in [-0.3, -0.25) is 0 Å². The summed E-state index contributed by atoms with van der Waals surface area (Å²) < 4.78 is 0. The molecule has 0 unspecified atom stereocenters. The molecule has 1 aliphatic rings. The van der Waals surface area contributed by atoms with Crippen LogP contribution in [0, 0.1) is 13.8 Å². The zero-order valence-electron chi connectivity index (χ0n) is 33.3. The van der Waals surface area contributed by atoms with E-state index in [4.69, 9.17) is 0 Å². The third kappa shape index (κ3) is 5.88. The van der Waals surface area contributed by atoms with Crippen LogP contribution in [-0.4, -0.2) is 0 Å². The summed E-state index contributed by atoms with van der Waals surface area (Å²) in [4.78, 5) is 0. The third-order valence-corrected chi connectivity index (χ3v) is 13.3. The van der Waals surface area contributed by atoms with Crippen LogP contribution in [0.4, 0.5) is 0 Å². The van der Waals surface area contributed by atoms with Crippen molar-refractivity contribution in [2.24, 2.45) is 0 Å². The minimum atomic E-state index is -0.0369. The number of fused-ring (bicyclic) bond motifs is 7. The monoisotopic (exact) mass is 714 g/mol. The molecule has 0 aliphatic heterocycles. The Morgan fingerprint density at radius 2 is 0.691 bits per heavy atom. The second kappa shape index (κ2) is 14.8. The molecule has 55 heavy (non-hydrogen) atoms. The van der Waals surface area contributed by atoms with E-state index in [1.54, 1.807) is 11.1 Å². The van der Waals surface area contributed by atoms with Gasteiger partial charge >= 0.3 is 0 Å². The molecule has 1 aliphatic carbocycles. The summed E-state index contributed by atoms with van der Waals surface area (Å²) in [6, 6.07) is 51.4. The SMILES string of the molecule is CCCCCCC1(CCCCCC)c2cc(-c3c4ccccc4c(C)c4ccccc34)ccc2-c2ccc(-c3c4ccccc4c(C)c4ccccc34)cc21. The fourth-order valence-corrected chi connectivity index (χ4v) is 10.5. The predicted octanol–water partition coefficient (Wildman–Crippen LogP) is 16.5. The van der Waals surface area contributed by atoms with Crippen LogP contribution in [-0.2, 0) is 5.41 Å². The van der Waals surface area contributed by atoms with Crippen LogP contribution in [0.1, 0.15) is 100 Å². The number of hydrogen-bond donors (Lipinski definition) is 0. The molecule has 8 aromatic carbocycles. The van der Waals surface area contributed by atoms with Crippen LogP contribution in [0.15, 0.2) is 133 Å². The first-order chi connectivity index (χ1) is 27.1. The maximum atomic E-state index is 2.65. The van der Waals surface area contributed by atoms with Gasteiger partial charge in [-0.15, -0.1) is 0 Å². The van der Waals surface area contributed by atoms with Crippen LogP contribution in [0.5, 0.6) is 0 Å². The van der Waals surface area contributed by atoms with Gasteiger partial charge in [0.2, 0.25) is 0 Å². The molecular weight excluding hydrogens is 661 g/mol. The average Bonchev–Trinajstić information content (AvgIpc) is 3.49. The Kier molecular flexibility index (Phi) is 9.55. The molecule has 9 rings (SSSR count). The summed E-state index contributed by atoms with van der Waals surface area (Å²) in [6.45, 7) is 9.27. The number of hydrogen-bond acceptors (Lipinski definition) is 0. The van der Waals surface area contributed by atoms with Crippen LogP contribution in [0.2, 0.25) is 0 Å². The molecule has 0 saturated carbocycles. The minimum absolute atomic E-state index is 0.0369. The van der Waals surface area contributed by atoms with Crippen LogP contribution in [0.25, 0.3) is 76.5 Å². The highest BCUT2D eigenvalue weighted by molar-refractivity contribution is 6.16. The highest BCUT2D eigenvalue weighted by atomic mass is 14.5. The third-order valence-electron chi connectivity index (χ3n) is 13.3. The Morgan fingerprint density at radius 1 is 0.364 bits per heavy atom. The standard InChI is InChI=1S/C55H54/c1-5-7-9-19-33-55(34-20-10-8-6-2)51-35-39(53-47-25-15-11-21-41(47)37(3)42-22-12-16-26-48(42)53)29-31-45(51)46-32-30-40(36-52(46)55)54-49-27-17-13-23-43(49)38(4)44-24-14-18-28-50(44)54/h11-18,21-32,35-36H,5-10,19-20,33-34H2,1-4H3. The Hall–Kier alpha value is -5.20. The van der Waals surface area contributed by atoms with Gasteiger partial charge in [-0.2, -0.15) is 0 Å². The summed E-state index contributed by atoms with van der Waals surface area (Å²) in [7, 11) is 0. The van der Waals surface area contributed by atoms with E-state index in [1.165, 1.54) is 152 Å². The van der Waals surface area contributed by atoms with Gasteiger partial charge in [-0.1, -0.05) is 187 Å². The van der Waals surface area contributed by atoms with Gasteiger partial charge in [0.25, 0.3) is 0 Å². The van der Waals surface area contributed by atoms with Gasteiger partial charge in [0.15, 0.2) is 0 Å². The normalized spacial score (nSPS) is 13.2. The summed E-state index contributed by atoms with van der Waals surface area (Å²) >= 11 is 0. The van der Waals surface area contributed by atoms with E-state index in [1.807, 2.05) is 0 Å². The first kappa shape index (κ1) is 35.5. The van der Waals surface area contributed by atoms with E-state index in [-0.39, 0.29) is 5.41 Å². The fourth-order valence-electron chi connectivity index (χ4n) is 10.5. The van der Waals surface area contributed by atoms with Crippen LogP contribution in [0.3, 0.4) is 0 Å². The molecule has 0 amide bonds. The molecule has 0 atom stereocenters. The molecule has 0 aromatic heterocycles. The number of benzene rings is 8. The smallest absolute Gasteiger partial charge is 0.0215 e. The van der Waals surface area contributed by atoms with Gasteiger partial charge < -0.3 is 0 Å². The Balaban J connectivity index is 1.30. The lowest BCUT2D eigenvalue weighted by Gasteiger charge is -2.33. The lowest BCUT2D eigenvalue weighted by Crippen LogP contribution is -2.25. The van der Waals surface area contributed by atoms with Crippen molar-refractivity contribution in [1.82, 2.24) is 0 Å². The maximum Gasteiger partial charge on any atom is 0.0215 e. The molecule has 0 spiro atoms. The van der Waals surface area contributed by atoms with Gasteiger partial charge in [-0.25, -0.2) is 0 Å². The maximum absolute atomic E-state index is 2.65. The molecular formula is C55H54. The van der Waals surface area contributed by atoms with E-state index < -0.39 is 0 Å². The summed E-state index contributed by atoms with van der Waals surface area (Å²) in [5.41, 5.74) is 14.1. The quantitative estimate of drug-likeness (QED) is 0.0873. The largest absolute Gasteiger partial charge is 0.0654 e. The molecule has 0 saturated heterocycles. The lowest BCUT2D eigenvalue weighted by atomic mass is 9.69. The van der Waals surface area contributed by atoms with Crippen molar-refractivity contribution < 1.29 is 0 Å². The van der Waals surface area contributed by atoms with Crippen molar-refractivity contribution in [2.45, 2.75) is 97.3 Å². The Morgan fingerprint density at radius 3 is 1.02 bits per heavy atom. The molecule has 0 bridgehead atoms. The molecule has 0 heteroatoms. The first-order valence-corrected chi connectivity index (χ1v) is 21.2. The molecule has 0 N–H and O–H groups in total. The lowest BCUT2D eigenvalue weighted by molar-refractivity contribution is 0.401. The second-order valence-corrected chi connectivity index (χ2v) is 16.4. The molecule has 0 heterocycles. The van der Waals surface area contributed by atoms with Gasteiger partial charge in [0.1, 0.15) is 0 Å². The summed E-state index contributed by atoms with van der Waals surface area (Å²) in [5, 5.41) is 10.8. The highest BCUT2D eigenvalue weighted by Crippen LogP contribution is 2.57. The number of unbranched alkanes of at least 4 members (excludes halogenated alkanes) is 6. The van der Waals surface area contributed by atoms with E-state index in [0.29, 0.717) is 0 Å². The van der Waals surface area contributed by atoms with Gasteiger partial charge in [0, 0.05) is 5.41 Å². The zero-order chi connectivity index (χ0) is 37.5. The van der Waals surface area contributed by atoms with E-state index in [0.717, 1.165) is 0 Å². The van der Waals surface area contributed by atoms with Crippen LogP contribution < -0.4 is 0 Å². The van der Waals surface area contributed by atoms with Crippen molar-refractivity contribution >= 4 is 43.1 Å². The van der Waals surface area contributed by atoms with E-state index in [2.05, 4.69) is 161 Å². The predicted molar refractivity (Wildman–Crippen MR) is 241 cm³/mol. The van der Waals surface area contributed by atoms with E-state index in [9.17, 15) is 0 Å². The molecule has 0 nitrogen and oxygen atoms in total. The second-order valence-electron chi connectivity index (χ2n) is 16.4. The van der Waals surface area contributed by atoms with Crippen molar-refractivity contribution in [3.63, 3.8) is 0 Å². The number of aryl methyl sites for hydroxylation is 2. The molecule has 0 radical (unpaired) electrons. The van der Waals surface area contributed by atoms with Crippen LogP contribution >= 0.6 is 0 Å². The zero-order valence-corrected chi connectivity index (χ0v) is 33.3. The van der Waals surface area contributed by atoms with Crippen molar-refractivity contribution in [3.8, 4) is 33.4 Å². The minimum Gasteiger partial charge on any atom is -0.0654 e. The Bertz CT molecular complexity index is 2400. The average molecular weight is 715 g/mol. The fraction of sp³-hybridized carbons (Fsp3) is 0.273. The van der Waals surface area contributed by atoms with Crippen molar-refractivity contribution in [1.29, 1.82) is 0 Å². The van der Waals surface area contributed by atoms with E-state index >= 15 is 0 Å². The molecule has 0 fully saturated rings. The molecule has 8 aromatic rings. The first-order valence-electron chi connectivity index (χ1n) is 21.2. The molecule has 274 valence electrons. The van der Waals surface area contributed by atoms with Crippen molar-refractivity contribution in [2.75, 3.05) is 0 Å². The Labute approximate surface area is 328 Å².